The topological polar surface area (TPSA) is 101 Å². The number of benzene rings is 1. The predicted molar refractivity (Wildman–Crippen MR) is 101 cm³/mol. The molecule has 2 aliphatic rings. The Morgan fingerprint density at radius 2 is 1.81 bits per heavy atom. The second kappa shape index (κ2) is 7.07. The first-order valence-electron chi connectivity index (χ1n) is 9.12. The summed E-state index contributed by atoms with van der Waals surface area (Å²) in [6.45, 7) is 3.65. The Hall–Kier alpha value is -2.22. The average Bonchev–Trinajstić information content (AvgIpc) is 3.35. The Morgan fingerprint density at radius 1 is 1.19 bits per heavy atom. The number of Topliss-reactive ketones (excluding diaryl/α,β-unsaturated/α-hetero) is 1. The number of hydrogen-bond acceptors (Lipinski definition) is 5. The molecule has 1 saturated heterocycles. The van der Waals surface area contributed by atoms with E-state index in [0.717, 1.165) is 0 Å². The lowest BCUT2D eigenvalue weighted by atomic mass is 10.0. The molecule has 146 valence electrons. The van der Waals surface area contributed by atoms with Crippen molar-refractivity contribution in [3.05, 3.63) is 29.8 Å². The lowest BCUT2D eigenvalue weighted by Crippen LogP contribution is -2.48. The average molecular weight is 392 g/mol. The van der Waals surface area contributed by atoms with Crippen molar-refractivity contribution >= 4 is 33.1 Å². The zero-order chi connectivity index (χ0) is 19.8. The van der Waals surface area contributed by atoms with Gasteiger partial charge >= 0.3 is 0 Å². The van der Waals surface area contributed by atoms with Gasteiger partial charge in [-0.25, -0.2) is 8.42 Å². The molecule has 3 rings (SSSR count). The molecule has 1 atom stereocenters. The van der Waals surface area contributed by atoms with Crippen molar-refractivity contribution < 1.29 is 22.8 Å². The van der Waals surface area contributed by atoms with E-state index in [4.69, 9.17) is 0 Å². The van der Waals surface area contributed by atoms with Gasteiger partial charge in [0.25, 0.3) is 0 Å². The van der Waals surface area contributed by atoms with Gasteiger partial charge in [0.05, 0.1) is 11.5 Å². The first-order chi connectivity index (χ1) is 12.7. The molecule has 7 nitrogen and oxygen atoms in total. The highest BCUT2D eigenvalue weighted by molar-refractivity contribution is 7.91. The monoisotopic (exact) mass is 392 g/mol. The molecular formula is C19H24N2O5S. The number of carbonyl (C=O) groups excluding carboxylic acids is 3. The fourth-order valence-electron chi connectivity index (χ4n) is 3.57. The van der Waals surface area contributed by atoms with Crippen molar-refractivity contribution in [2.75, 3.05) is 23.4 Å². The van der Waals surface area contributed by atoms with Gasteiger partial charge in [0.2, 0.25) is 11.8 Å². The summed E-state index contributed by atoms with van der Waals surface area (Å²) in [5, 5.41) is 2.76. The van der Waals surface area contributed by atoms with Crippen LogP contribution in [0.4, 0.5) is 5.69 Å². The fraction of sp³-hybridized carbons (Fsp3) is 0.526. The van der Waals surface area contributed by atoms with Crippen molar-refractivity contribution in [1.29, 1.82) is 0 Å². The van der Waals surface area contributed by atoms with Crippen LogP contribution in [0.1, 0.15) is 43.5 Å². The zero-order valence-corrected chi connectivity index (χ0v) is 16.3. The fourth-order valence-corrected chi connectivity index (χ4v) is 5.30. The summed E-state index contributed by atoms with van der Waals surface area (Å²) in [6, 6.07) is 6.17. The van der Waals surface area contributed by atoms with Gasteiger partial charge in [0.15, 0.2) is 15.6 Å². The standard InChI is InChI=1S/C19H24N2O5S/c1-3-21(16-8-11-27(25,26)12-16)18(24)19(9-10-19)17(23)20-15-6-4-14(5-7-15)13(2)22/h4-7,16H,3,8-12H2,1-2H3,(H,20,23). The third-order valence-corrected chi connectivity index (χ3v) is 7.14. The summed E-state index contributed by atoms with van der Waals surface area (Å²) >= 11 is 0. The van der Waals surface area contributed by atoms with Crippen LogP contribution < -0.4 is 5.32 Å². The van der Waals surface area contributed by atoms with E-state index in [9.17, 15) is 22.8 Å². The Morgan fingerprint density at radius 3 is 2.26 bits per heavy atom. The van der Waals surface area contributed by atoms with Crippen LogP contribution >= 0.6 is 0 Å². The van der Waals surface area contributed by atoms with Crippen LogP contribution in [-0.2, 0) is 19.4 Å². The number of ketones is 1. The SMILES string of the molecule is CCN(C(=O)C1(C(=O)Nc2ccc(C(C)=O)cc2)CC1)C1CCS(=O)(=O)C1. The molecule has 1 saturated carbocycles. The maximum absolute atomic E-state index is 13.1. The van der Waals surface area contributed by atoms with Gasteiger partial charge in [0.1, 0.15) is 5.41 Å². The molecule has 0 bridgehead atoms. The molecule has 8 heteroatoms. The van der Waals surface area contributed by atoms with E-state index in [0.29, 0.717) is 37.1 Å². The molecule has 1 heterocycles. The predicted octanol–water partition coefficient (Wildman–Crippen LogP) is 1.64. The van der Waals surface area contributed by atoms with Crippen molar-refractivity contribution in [3.8, 4) is 0 Å². The first kappa shape index (κ1) is 19.5. The van der Waals surface area contributed by atoms with Crippen LogP contribution in [0.5, 0.6) is 0 Å². The molecule has 2 amide bonds. The van der Waals surface area contributed by atoms with Crippen molar-refractivity contribution in [3.63, 3.8) is 0 Å². The highest BCUT2D eigenvalue weighted by Gasteiger charge is 2.58. The van der Waals surface area contributed by atoms with Gasteiger partial charge in [0, 0.05) is 23.8 Å². The van der Waals surface area contributed by atoms with Crippen LogP contribution in [0, 0.1) is 5.41 Å². The number of amides is 2. The molecule has 27 heavy (non-hydrogen) atoms. The van der Waals surface area contributed by atoms with E-state index >= 15 is 0 Å². The highest BCUT2D eigenvalue weighted by Crippen LogP contribution is 2.48. The molecule has 0 spiro atoms. The molecule has 0 radical (unpaired) electrons. The van der Waals surface area contributed by atoms with Gasteiger partial charge in [-0.2, -0.15) is 0 Å². The Balaban J connectivity index is 1.72. The lowest BCUT2D eigenvalue weighted by Gasteiger charge is -2.30. The van der Waals surface area contributed by atoms with Crippen LogP contribution in [0.25, 0.3) is 0 Å². The van der Waals surface area contributed by atoms with E-state index in [1.165, 1.54) is 6.92 Å². The minimum absolute atomic E-state index is 0.0310. The minimum atomic E-state index is -3.11. The largest absolute Gasteiger partial charge is 0.338 e. The molecule has 1 aliphatic carbocycles. The van der Waals surface area contributed by atoms with Gasteiger partial charge in [-0.05, 0) is 57.4 Å². The summed E-state index contributed by atoms with van der Waals surface area (Å²) in [6.07, 6.45) is 1.34. The van der Waals surface area contributed by atoms with Gasteiger partial charge in [-0.1, -0.05) is 0 Å². The minimum Gasteiger partial charge on any atom is -0.338 e. The van der Waals surface area contributed by atoms with Crippen molar-refractivity contribution in [2.45, 2.75) is 39.2 Å². The van der Waals surface area contributed by atoms with Crippen molar-refractivity contribution in [1.82, 2.24) is 4.90 Å². The number of rotatable bonds is 6. The van der Waals surface area contributed by atoms with Gasteiger partial charge in [-0.3, -0.25) is 14.4 Å². The van der Waals surface area contributed by atoms with Crippen LogP contribution in [0.15, 0.2) is 24.3 Å². The summed E-state index contributed by atoms with van der Waals surface area (Å²) < 4.78 is 23.5. The number of sulfone groups is 1. The summed E-state index contributed by atoms with van der Waals surface area (Å²) in [7, 11) is -3.11. The summed E-state index contributed by atoms with van der Waals surface area (Å²) in [5.41, 5.74) is -0.0397. The molecular weight excluding hydrogens is 368 g/mol. The molecule has 2 fully saturated rings. The third kappa shape index (κ3) is 3.90. The molecule has 0 aromatic heterocycles. The molecule has 1 aromatic rings. The number of nitrogens with one attached hydrogen (secondary N) is 1. The molecule has 1 N–H and O–H groups in total. The molecule has 1 unspecified atom stereocenters. The van der Waals surface area contributed by atoms with Crippen LogP contribution in [-0.4, -0.2) is 55.0 Å². The molecule has 1 aliphatic heterocycles. The smallest absolute Gasteiger partial charge is 0.240 e. The zero-order valence-electron chi connectivity index (χ0n) is 15.5. The van der Waals surface area contributed by atoms with E-state index in [1.807, 2.05) is 0 Å². The Bertz CT molecular complexity index is 872. The number of carbonyl (C=O) groups is 3. The Kier molecular flexibility index (Phi) is 5.12. The highest BCUT2D eigenvalue weighted by atomic mass is 32.2. The van der Waals surface area contributed by atoms with Crippen LogP contribution in [0.3, 0.4) is 0 Å². The number of hydrogen-bond donors (Lipinski definition) is 1. The summed E-state index contributed by atoms with van der Waals surface area (Å²) in [5.74, 6) is -0.668. The first-order valence-corrected chi connectivity index (χ1v) is 10.9. The van der Waals surface area contributed by atoms with Crippen LogP contribution in [0.2, 0.25) is 0 Å². The van der Waals surface area contributed by atoms with E-state index < -0.39 is 15.3 Å². The van der Waals surface area contributed by atoms with Gasteiger partial charge in [-0.15, -0.1) is 0 Å². The molecule has 1 aromatic carbocycles. The Labute approximate surface area is 159 Å². The summed E-state index contributed by atoms with van der Waals surface area (Å²) in [4.78, 5) is 38.7. The second-order valence-corrected chi connectivity index (χ2v) is 9.55. The normalized spacial score (nSPS) is 22.1. The number of anilines is 1. The van der Waals surface area contributed by atoms with Crippen molar-refractivity contribution in [2.24, 2.45) is 5.41 Å². The van der Waals surface area contributed by atoms with Gasteiger partial charge < -0.3 is 10.2 Å². The maximum Gasteiger partial charge on any atom is 0.240 e. The third-order valence-electron chi connectivity index (χ3n) is 5.39. The number of nitrogens with zero attached hydrogens (tertiary/aromatic N) is 1. The van der Waals surface area contributed by atoms with E-state index in [-0.39, 0.29) is 35.1 Å². The lowest BCUT2D eigenvalue weighted by molar-refractivity contribution is -0.143. The maximum atomic E-state index is 13.1. The second-order valence-electron chi connectivity index (χ2n) is 7.32. The van der Waals surface area contributed by atoms with E-state index in [1.54, 1.807) is 36.1 Å². The quantitative estimate of drug-likeness (QED) is 0.586. The van der Waals surface area contributed by atoms with E-state index in [2.05, 4.69) is 5.32 Å².